The predicted molar refractivity (Wildman–Crippen MR) is 74.2 cm³/mol. The number of pyridine rings is 1. The van der Waals surface area contributed by atoms with Crippen molar-refractivity contribution in [3.05, 3.63) is 42.1 Å². The number of nitrogens with zero attached hydrogens (tertiary/aromatic N) is 1. The summed E-state index contributed by atoms with van der Waals surface area (Å²) in [5.41, 5.74) is 1.43. The van der Waals surface area contributed by atoms with Crippen molar-refractivity contribution in [3.63, 3.8) is 0 Å². The summed E-state index contributed by atoms with van der Waals surface area (Å²) in [5, 5.41) is 9.54. The molecule has 4 heteroatoms. The van der Waals surface area contributed by atoms with Gasteiger partial charge >= 0.3 is 5.97 Å². The minimum atomic E-state index is -0.984. The summed E-state index contributed by atoms with van der Waals surface area (Å²) >= 11 is 0. The van der Waals surface area contributed by atoms with Crippen molar-refractivity contribution in [2.24, 2.45) is 0 Å². The highest BCUT2D eigenvalue weighted by atomic mass is 16.5. The zero-order valence-corrected chi connectivity index (χ0v) is 10.8. The van der Waals surface area contributed by atoms with Gasteiger partial charge in [0.05, 0.1) is 17.3 Å². The van der Waals surface area contributed by atoms with Gasteiger partial charge in [-0.25, -0.2) is 9.78 Å². The lowest BCUT2D eigenvalue weighted by Gasteiger charge is -2.10. The number of ether oxygens (including phenoxy) is 1. The molecule has 0 aliphatic carbocycles. The first kappa shape index (κ1) is 13.1. The maximum atomic E-state index is 10.5. The van der Waals surface area contributed by atoms with E-state index in [9.17, 15) is 4.79 Å². The van der Waals surface area contributed by atoms with Gasteiger partial charge in [0.1, 0.15) is 5.75 Å². The molecule has 1 N–H and O–H groups in total. The van der Waals surface area contributed by atoms with Crippen molar-refractivity contribution >= 4 is 22.9 Å². The molecule has 0 unspecified atom stereocenters. The molecule has 0 spiro atoms. The fourth-order valence-corrected chi connectivity index (χ4v) is 1.71. The fourth-order valence-electron chi connectivity index (χ4n) is 1.71. The van der Waals surface area contributed by atoms with Crippen LogP contribution in [0.25, 0.3) is 17.0 Å². The number of carbonyl (C=O) groups is 1. The van der Waals surface area contributed by atoms with Crippen molar-refractivity contribution < 1.29 is 14.6 Å². The van der Waals surface area contributed by atoms with Gasteiger partial charge in [-0.2, -0.15) is 0 Å². The Bertz CT molecular complexity index is 632. The fraction of sp³-hybridized carbons (Fsp3) is 0.200. The van der Waals surface area contributed by atoms with E-state index in [-0.39, 0.29) is 6.10 Å². The number of carboxylic acid groups (broad SMARTS) is 1. The van der Waals surface area contributed by atoms with E-state index in [0.717, 1.165) is 22.7 Å². The Morgan fingerprint density at radius 1 is 1.32 bits per heavy atom. The molecule has 0 radical (unpaired) electrons. The van der Waals surface area contributed by atoms with E-state index in [4.69, 9.17) is 9.84 Å². The maximum absolute atomic E-state index is 10.5. The minimum absolute atomic E-state index is 0.128. The molecule has 98 valence electrons. The number of hydrogen-bond donors (Lipinski definition) is 1. The first-order valence-corrected chi connectivity index (χ1v) is 6.03. The van der Waals surface area contributed by atoms with Crippen LogP contribution in [0.1, 0.15) is 19.5 Å². The number of hydrogen-bond acceptors (Lipinski definition) is 3. The van der Waals surface area contributed by atoms with Crippen LogP contribution >= 0.6 is 0 Å². The van der Waals surface area contributed by atoms with Crippen LogP contribution < -0.4 is 4.74 Å². The molecule has 2 rings (SSSR count). The summed E-state index contributed by atoms with van der Waals surface area (Å²) in [7, 11) is 0. The van der Waals surface area contributed by atoms with Crippen LogP contribution in [-0.2, 0) is 4.79 Å². The highest BCUT2D eigenvalue weighted by molar-refractivity contribution is 5.86. The third-order valence-corrected chi connectivity index (χ3v) is 2.45. The molecule has 0 atom stereocenters. The monoisotopic (exact) mass is 257 g/mol. The van der Waals surface area contributed by atoms with Crippen LogP contribution in [0.2, 0.25) is 0 Å². The molecule has 2 aromatic rings. The van der Waals surface area contributed by atoms with Gasteiger partial charge < -0.3 is 9.84 Å². The van der Waals surface area contributed by atoms with Gasteiger partial charge in [-0.15, -0.1) is 0 Å². The average Bonchev–Trinajstić information content (AvgIpc) is 2.35. The van der Waals surface area contributed by atoms with Crippen LogP contribution in [0.4, 0.5) is 0 Å². The lowest BCUT2D eigenvalue weighted by atomic mass is 10.2. The van der Waals surface area contributed by atoms with Gasteiger partial charge in [0, 0.05) is 11.5 Å². The quantitative estimate of drug-likeness (QED) is 0.855. The van der Waals surface area contributed by atoms with Crippen LogP contribution in [0.15, 0.2) is 36.4 Å². The predicted octanol–water partition coefficient (Wildman–Crippen LogP) is 3.12. The topological polar surface area (TPSA) is 59.4 Å². The summed E-state index contributed by atoms with van der Waals surface area (Å²) in [4.78, 5) is 14.8. The summed E-state index contributed by atoms with van der Waals surface area (Å²) in [6.07, 6.45) is 2.67. The summed E-state index contributed by atoms with van der Waals surface area (Å²) < 4.78 is 5.61. The minimum Gasteiger partial charge on any atom is -0.491 e. The van der Waals surface area contributed by atoms with E-state index < -0.39 is 5.97 Å². The smallest absolute Gasteiger partial charge is 0.328 e. The molecule has 0 bridgehead atoms. The van der Waals surface area contributed by atoms with E-state index in [1.54, 1.807) is 6.07 Å². The molecule has 4 nitrogen and oxygen atoms in total. The number of benzene rings is 1. The van der Waals surface area contributed by atoms with Crippen LogP contribution in [0, 0.1) is 0 Å². The standard InChI is InChI=1S/C15H15NO3/c1-10(2)19-13-6-7-14-11(9-13)3-4-12(16-14)5-8-15(17)18/h3-10H,1-2H3,(H,17,18)/b8-5+. The van der Waals surface area contributed by atoms with Gasteiger partial charge in [0.25, 0.3) is 0 Å². The Kier molecular flexibility index (Phi) is 3.80. The second-order valence-corrected chi connectivity index (χ2v) is 4.43. The first-order valence-electron chi connectivity index (χ1n) is 6.03. The number of fused-ring (bicyclic) bond motifs is 1. The lowest BCUT2D eigenvalue weighted by molar-refractivity contribution is -0.131. The second-order valence-electron chi connectivity index (χ2n) is 4.43. The Morgan fingerprint density at radius 2 is 2.11 bits per heavy atom. The van der Waals surface area contributed by atoms with Crippen LogP contribution in [0.5, 0.6) is 5.75 Å². The number of carboxylic acids is 1. The molecular weight excluding hydrogens is 242 g/mol. The van der Waals surface area contributed by atoms with E-state index in [0.29, 0.717) is 5.69 Å². The number of rotatable bonds is 4. The van der Waals surface area contributed by atoms with E-state index in [2.05, 4.69) is 4.98 Å². The van der Waals surface area contributed by atoms with Crippen LogP contribution in [0.3, 0.4) is 0 Å². The zero-order valence-electron chi connectivity index (χ0n) is 10.8. The van der Waals surface area contributed by atoms with Gasteiger partial charge in [-0.1, -0.05) is 6.07 Å². The van der Waals surface area contributed by atoms with Crippen molar-refractivity contribution in [3.8, 4) is 5.75 Å². The SMILES string of the molecule is CC(C)Oc1ccc2nc(/C=C/C(=O)O)ccc2c1. The molecule has 0 aliphatic rings. The molecule has 0 fully saturated rings. The van der Waals surface area contributed by atoms with Crippen molar-refractivity contribution in [1.29, 1.82) is 0 Å². The Hall–Kier alpha value is -2.36. The first-order chi connectivity index (χ1) is 9.04. The molecule has 1 heterocycles. The summed E-state index contributed by atoms with van der Waals surface area (Å²) in [6.45, 7) is 3.95. The number of aromatic nitrogens is 1. The number of aliphatic carboxylic acids is 1. The Balaban J connectivity index is 2.32. The van der Waals surface area contributed by atoms with Gasteiger partial charge in [0.2, 0.25) is 0 Å². The zero-order chi connectivity index (χ0) is 13.8. The molecule has 0 saturated carbocycles. The largest absolute Gasteiger partial charge is 0.491 e. The van der Waals surface area contributed by atoms with E-state index in [1.165, 1.54) is 6.08 Å². The summed E-state index contributed by atoms with van der Waals surface area (Å²) in [5.74, 6) is -0.180. The molecule has 1 aromatic heterocycles. The van der Waals surface area contributed by atoms with Crippen molar-refractivity contribution in [2.45, 2.75) is 20.0 Å². The molecule has 0 saturated heterocycles. The molecule has 1 aromatic carbocycles. The molecule has 0 amide bonds. The molecule has 0 aliphatic heterocycles. The van der Waals surface area contributed by atoms with Gasteiger partial charge in [-0.05, 0) is 44.2 Å². The van der Waals surface area contributed by atoms with Crippen molar-refractivity contribution in [1.82, 2.24) is 4.98 Å². The maximum Gasteiger partial charge on any atom is 0.328 e. The Morgan fingerprint density at radius 3 is 2.79 bits per heavy atom. The summed E-state index contributed by atoms with van der Waals surface area (Å²) in [6, 6.07) is 9.33. The Labute approximate surface area is 111 Å². The third-order valence-electron chi connectivity index (χ3n) is 2.45. The van der Waals surface area contributed by atoms with E-state index >= 15 is 0 Å². The van der Waals surface area contributed by atoms with Gasteiger partial charge in [-0.3, -0.25) is 0 Å². The molecular formula is C15H15NO3. The highest BCUT2D eigenvalue weighted by Gasteiger charge is 2.01. The van der Waals surface area contributed by atoms with Gasteiger partial charge in [0.15, 0.2) is 0 Å². The third kappa shape index (κ3) is 3.55. The van der Waals surface area contributed by atoms with E-state index in [1.807, 2.05) is 38.1 Å². The second kappa shape index (κ2) is 5.52. The van der Waals surface area contributed by atoms with Crippen molar-refractivity contribution in [2.75, 3.05) is 0 Å². The highest BCUT2D eigenvalue weighted by Crippen LogP contribution is 2.21. The molecule has 19 heavy (non-hydrogen) atoms. The normalized spacial score (nSPS) is 11.3. The average molecular weight is 257 g/mol. The lowest BCUT2D eigenvalue weighted by Crippen LogP contribution is -2.05. The van der Waals surface area contributed by atoms with Crippen LogP contribution in [-0.4, -0.2) is 22.2 Å².